The fraction of sp³-hybridized carbons (Fsp3) is 0.333. The third kappa shape index (κ3) is 2.71. The first-order valence-electron chi connectivity index (χ1n) is 7.17. The molecule has 3 heterocycles. The van der Waals surface area contributed by atoms with Crippen LogP contribution in [0.4, 0.5) is 11.5 Å². The lowest BCUT2D eigenvalue weighted by molar-refractivity contribution is 0.672. The van der Waals surface area contributed by atoms with E-state index < -0.39 is 0 Å². The molecular weight excluding hydrogens is 282 g/mol. The molecule has 110 valence electrons. The van der Waals surface area contributed by atoms with Crippen LogP contribution in [0, 0.1) is 0 Å². The molecule has 0 aliphatic rings. The molecule has 0 radical (unpaired) electrons. The maximum absolute atomic E-state index is 5.94. The summed E-state index contributed by atoms with van der Waals surface area (Å²) in [6.45, 7) is 4.38. The van der Waals surface area contributed by atoms with Gasteiger partial charge in [-0.2, -0.15) is 5.10 Å². The molecule has 0 aliphatic heterocycles. The second kappa shape index (κ2) is 5.73. The smallest absolute Gasteiger partial charge is 0.126 e. The van der Waals surface area contributed by atoms with Crippen molar-refractivity contribution in [1.82, 2.24) is 15.2 Å². The zero-order valence-electron chi connectivity index (χ0n) is 12.2. The Balaban J connectivity index is 2.07. The molecule has 0 saturated heterocycles. The highest BCUT2D eigenvalue weighted by Crippen LogP contribution is 2.37. The highest BCUT2D eigenvalue weighted by molar-refractivity contribution is 7.22. The minimum Gasteiger partial charge on any atom is -0.384 e. The molecule has 3 aromatic heterocycles. The van der Waals surface area contributed by atoms with E-state index in [4.69, 9.17) is 5.73 Å². The van der Waals surface area contributed by atoms with Gasteiger partial charge in [-0.1, -0.05) is 13.8 Å². The number of rotatable bonds is 5. The molecule has 0 amide bonds. The number of anilines is 2. The first-order valence-corrected chi connectivity index (χ1v) is 7.99. The lowest BCUT2D eigenvalue weighted by Crippen LogP contribution is -2.17. The second-order valence-electron chi connectivity index (χ2n) is 5.05. The fourth-order valence-corrected chi connectivity index (χ4v) is 3.44. The number of nitrogens with two attached hydrogens (primary N) is 1. The minimum absolute atomic E-state index is 0.452. The highest BCUT2D eigenvalue weighted by Gasteiger charge is 2.13. The van der Waals surface area contributed by atoms with Crippen LogP contribution in [0.15, 0.2) is 24.4 Å². The monoisotopic (exact) mass is 301 g/mol. The number of aromatic amines is 1. The van der Waals surface area contributed by atoms with E-state index in [1.807, 2.05) is 12.1 Å². The van der Waals surface area contributed by atoms with Crippen molar-refractivity contribution in [1.29, 1.82) is 0 Å². The maximum Gasteiger partial charge on any atom is 0.126 e. The molecule has 4 N–H and O–H groups in total. The van der Waals surface area contributed by atoms with Crippen LogP contribution in [-0.2, 0) is 0 Å². The summed E-state index contributed by atoms with van der Waals surface area (Å²) in [5.41, 5.74) is 8.95. The van der Waals surface area contributed by atoms with Crippen molar-refractivity contribution in [2.75, 3.05) is 11.1 Å². The molecule has 0 spiro atoms. The molecule has 0 aromatic carbocycles. The third-order valence-corrected chi connectivity index (χ3v) is 4.80. The molecule has 0 aliphatic carbocycles. The molecule has 0 fully saturated rings. The summed E-state index contributed by atoms with van der Waals surface area (Å²) >= 11 is 1.70. The number of aromatic nitrogens is 3. The average Bonchev–Trinajstić information content (AvgIpc) is 3.12. The number of fused-ring (bicyclic) bond motifs is 1. The Bertz CT molecular complexity index is 728. The van der Waals surface area contributed by atoms with Crippen LogP contribution in [0.2, 0.25) is 0 Å². The number of pyridine rings is 1. The molecule has 3 rings (SSSR count). The Morgan fingerprint density at radius 3 is 2.81 bits per heavy atom. The van der Waals surface area contributed by atoms with Crippen molar-refractivity contribution >= 4 is 33.1 Å². The van der Waals surface area contributed by atoms with Crippen molar-refractivity contribution in [2.45, 2.75) is 32.7 Å². The van der Waals surface area contributed by atoms with Crippen molar-refractivity contribution in [3.63, 3.8) is 0 Å². The van der Waals surface area contributed by atoms with E-state index in [2.05, 4.69) is 40.4 Å². The molecule has 21 heavy (non-hydrogen) atoms. The molecule has 6 heteroatoms. The van der Waals surface area contributed by atoms with Crippen LogP contribution >= 0.6 is 11.3 Å². The summed E-state index contributed by atoms with van der Waals surface area (Å²) < 4.78 is 1.14. The SMILES string of the molecule is CCC(CC)Nc1cc(N)nc2cc(-c3ccn[nH]3)sc12. The van der Waals surface area contributed by atoms with Gasteiger partial charge in [-0.3, -0.25) is 5.10 Å². The Hall–Kier alpha value is -2.08. The standard InChI is InChI=1S/C15H19N5S/c1-3-9(4-2)18-12-8-14(16)19-11-7-13(21-15(11)12)10-5-6-17-20-10/h5-9H,3-4H2,1-2H3,(H,17,20)(H3,16,18,19). The van der Waals surface area contributed by atoms with E-state index in [9.17, 15) is 0 Å². The van der Waals surface area contributed by atoms with Gasteiger partial charge in [-0.05, 0) is 25.0 Å². The van der Waals surface area contributed by atoms with Gasteiger partial charge in [0.1, 0.15) is 5.82 Å². The number of hydrogen-bond acceptors (Lipinski definition) is 5. The highest BCUT2D eigenvalue weighted by atomic mass is 32.1. The van der Waals surface area contributed by atoms with Crippen LogP contribution in [0.1, 0.15) is 26.7 Å². The molecular formula is C15H19N5S. The predicted octanol–water partition coefficient (Wildman–Crippen LogP) is 3.87. The Morgan fingerprint density at radius 1 is 1.33 bits per heavy atom. The van der Waals surface area contributed by atoms with Gasteiger partial charge in [0.15, 0.2) is 0 Å². The largest absolute Gasteiger partial charge is 0.384 e. The number of H-pyrrole nitrogens is 1. The number of thiophene rings is 1. The fourth-order valence-electron chi connectivity index (χ4n) is 2.39. The Kier molecular flexibility index (Phi) is 3.79. The topological polar surface area (TPSA) is 79.6 Å². The van der Waals surface area contributed by atoms with Gasteiger partial charge in [0.05, 0.1) is 26.5 Å². The molecule has 0 unspecified atom stereocenters. The van der Waals surface area contributed by atoms with Crippen molar-refractivity contribution in [3.8, 4) is 10.6 Å². The summed E-state index contributed by atoms with van der Waals surface area (Å²) in [6.07, 6.45) is 3.92. The van der Waals surface area contributed by atoms with Crippen molar-refractivity contribution < 1.29 is 0 Å². The number of nitrogen functional groups attached to an aromatic ring is 1. The Morgan fingerprint density at radius 2 is 2.14 bits per heavy atom. The van der Waals surface area contributed by atoms with Crippen LogP contribution < -0.4 is 11.1 Å². The molecule has 3 aromatic rings. The van der Waals surface area contributed by atoms with E-state index in [-0.39, 0.29) is 0 Å². The lowest BCUT2D eigenvalue weighted by atomic mass is 10.1. The lowest BCUT2D eigenvalue weighted by Gasteiger charge is -2.17. The number of hydrogen-bond donors (Lipinski definition) is 3. The summed E-state index contributed by atoms with van der Waals surface area (Å²) in [5, 5.41) is 10.6. The summed E-state index contributed by atoms with van der Waals surface area (Å²) in [5.74, 6) is 0.546. The number of nitrogens with zero attached hydrogens (tertiary/aromatic N) is 2. The van der Waals surface area contributed by atoms with Gasteiger partial charge < -0.3 is 11.1 Å². The first kappa shape index (κ1) is 13.9. The van der Waals surface area contributed by atoms with E-state index in [1.165, 1.54) is 0 Å². The molecule has 0 bridgehead atoms. The van der Waals surface area contributed by atoms with Gasteiger partial charge >= 0.3 is 0 Å². The van der Waals surface area contributed by atoms with Crippen molar-refractivity contribution in [3.05, 3.63) is 24.4 Å². The molecule has 0 saturated carbocycles. The third-order valence-electron chi connectivity index (χ3n) is 3.61. The maximum atomic E-state index is 5.94. The number of nitrogens with one attached hydrogen (secondary N) is 2. The predicted molar refractivity (Wildman–Crippen MR) is 89.6 cm³/mol. The van der Waals surface area contributed by atoms with Crippen LogP contribution in [-0.4, -0.2) is 21.2 Å². The summed E-state index contributed by atoms with van der Waals surface area (Å²) in [4.78, 5) is 5.56. The summed E-state index contributed by atoms with van der Waals surface area (Å²) in [7, 11) is 0. The van der Waals surface area contributed by atoms with Gasteiger partial charge in [-0.25, -0.2) is 4.98 Å². The molecule has 0 atom stereocenters. The van der Waals surface area contributed by atoms with Crippen LogP contribution in [0.3, 0.4) is 0 Å². The van der Waals surface area contributed by atoms with Crippen LogP contribution in [0.5, 0.6) is 0 Å². The van der Waals surface area contributed by atoms with Gasteiger partial charge in [0, 0.05) is 18.3 Å². The average molecular weight is 301 g/mol. The van der Waals surface area contributed by atoms with Gasteiger partial charge in [-0.15, -0.1) is 11.3 Å². The minimum atomic E-state index is 0.452. The van der Waals surface area contributed by atoms with Crippen LogP contribution in [0.25, 0.3) is 20.8 Å². The van der Waals surface area contributed by atoms with Gasteiger partial charge in [0.2, 0.25) is 0 Å². The van der Waals surface area contributed by atoms with E-state index in [1.54, 1.807) is 17.5 Å². The first-order chi connectivity index (χ1) is 10.2. The zero-order valence-corrected chi connectivity index (χ0v) is 13.0. The van der Waals surface area contributed by atoms with Gasteiger partial charge in [0.25, 0.3) is 0 Å². The second-order valence-corrected chi connectivity index (χ2v) is 6.10. The van der Waals surface area contributed by atoms with E-state index in [0.29, 0.717) is 11.9 Å². The zero-order chi connectivity index (χ0) is 14.8. The normalized spacial score (nSPS) is 11.4. The quantitative estimate of drug-likeness (QED) is 0.668. The van der Waals surface area contributed by atoms with E-state index in [0.717, 1.165) is 39.3 Å². The molecule has 5 nitrogen and oxygen atoms in total. The van der Waals surface area contributed by atoms with Crippen molar-refractivity contribution in [2.24, 2.45) is 0 Å². The van der Waals surface area contributed by atoms with E-state index >= 15 is 0 Å². The Labute approximate surface area is 127 Å². The summed E-state index contributed by atoms with van der Waals surface area (Å²) in [6, 6.07) is 6.39.